The van der Waals surface area contributed by atoms with Gasteiger partial charge in [0, 0.05) is 21.9 Å². The summed E-state index contributed by atoms with van der Waals surface area (Å²) in [4.78, 5) is 26.4. The number of rotatable bonds is 8. The summed E-state index contributed by atoms with van der Waals surface area (Å²) in [7, 11) is 3.28. The summed E-state index contributed by atoms with van der Waals surface area (Å²) >= 11 is 1.56. The summed E-state index contributed by atoms with van der Waals surface area (Å²) in [6.45, 7) is 0. The first-order chi connectivity index (χ1) is 16.1. The predicted molar refractivity (Wildman–Crippen MR) is 132 cm³/mol. The molecule has 1 N–H and O–H groups in total. The molecule has 0 spiro atoms. The molecule has 1 unspecified atom stereocenters. The van der Waals surface area contributed by atoms with Gasteiger partial charge in [-0.1, -0.05) is 36.4 Å². The van der Waals surface area contributed by atoms with E-state index in [0.717, 1.165) is 35.7 Å². The van der Waals surface area contributed by atoms with Gasteiger partial charge in [-0.05, 0) is 60.7 Å². The molecule has 0 bridgehead atoms. The van der Waals surface area contributed by atoms with Crippen LogP contribution in [0.1, 0.15) is 27.9 Å². The molecule has 1 heterocycles. The molecule has 1 aliphatic rings. The van der Waals surface area contributed by atoms with Crippen molar-refractivity contribution in [2.45, 2.75) is 24.2 Å². The lowest BCUT2D eigenvalue weighted by molar-refractivity contribution is -0.118. The third-order valence-corrected chi connectivity index (χ3v) is 6.96. The molecule has 1 atom stereocenters. The van der Waals surface area contributed by atoms with Crippen molar-refractivity contribution in [3.05, 3.63) is 83.4 Å². The van der Waals surface area contributed by atoms with E-state index < -0.39 is 5.92 Å². The largest absolute Gasteiger partial charge is 0.493 e. The van der Waals surface area contributed by atoms with Crippen molar-refractivity contribution >= 4 is 29.1 Å². The number of hydrogen-bond acceptors (Lipinski definition) is 5. The van der Waals surface area contributed by atoms with Crippen molar-refractivity contribution in [1.29, 1.82) is 0 Å². The van der Waals surface area contributed by atoms with Crippen LogP contribution in [0.4, 0.5) is 5.69 Å². The van der Waals surface area contributed by atoms with Crippen LogP contribution in [0.15, 0.2) is 71.6 Å². The number of carbonyl (C=O) groups is 2. The van der Waals surface area contributed by atoms with E-state index in [2.05, 4.69) is 11.4 Å². The van der Waals surface area contributed by atoms with Crippen LogP contribution in [-0.4, -0.2) is 31.7 Å². The smallest absolute Gasteiger partial charge is 0.236 e. The number of hydrogen-bond donors (Lipinski definition) is 1. The highest BCUT2D eigenvalue weighted by Gasteiger charge is 2.33. The van der Waals surface area contributed by atoms with E-state index in [-0.39, 0.29) is 11.7 Å². The zero-order valence-electron chi connectivity index (χ0n) is 18.8. The second kappa shape index (κ2) is 10.6. The predicted octanol–water partition coefficient (Wildman–Crippen LogP) is 5.42. The topological polar surface area (TPSA) is 64.6 Å². The summed E-state index contributed by atoms with van der Waals surface area (Å²) in [5.41, 5.74) is 3.75. The first kappa shape index (κ1) is 22.9. The Bertz CT molecular complexity index is 1140. The summed E-state index contributed by atoms with van der Waals surface area (Å²) in [6, 6.07) is 21.3. The molecule has 0 aromatic heterocycles. The van der Waals surface area contributed by atoms with Crippen molar-refractivity contribution in [3.8, 4) is 11.5 Å². The van der Waals surface area contributed by atoms with Gasteiger partial charge in [0.1, 0.15) is 5.92 Å². The highest BCUT2D eigenvalue weighted by atomic mass is 32.2. The number of carbonyl (C=O) groups excluding carboxylic acids is 2. The Labute approximate surface area is 198 Å². The van der Waals surface area contributed by atoms with Crippen LogP contribution < -0.4 is 14.8 Å². The Morgan fingerprint density at radius 3 is 2.39 bits per heavy atom. The summed E-state index contributed by atoms with van der Waals surface area (Å²) < 4.78 is 10.7. The van der Waals surface area contributed by atoms with Gasteiger partial charge < -0.3 is 14.8 Å². The number of aryl methyl sites for hydroxylation is 2. The molecular formula is C27H27NO4S. The number of ether oxygens (including phenoxy) is 2. The Morgan fingerprint density at radius 1 is 0.939 bits per heavy atom. The lowest BCUT2D eigenvalue weighted by atomic mass is 9.97. The third-order valence-electron chi connectivity index (χ3n) is 5.79. The Hall–Kier alpha value is -3.25. The van der Waals surface area contributed by atoms with Crippen molar-refractivity contribution in [3.63, 3.8) is 0 Å². The van der Waals surface area contributed by atoms with E-state index in [1.54, 1.807) is 32.0 Å². The Kier molecular flexibility index (Phi) is 7.35. The molecule has 170 valence electrons. The van der Waals surface area contributed by atoms with Crippen LogP contribution in [0.5, 0.6) is 11.5 Å². The van der Waals surface area contributed by atoms with E-state index in [1.165, 1.54) is 11.1 Å². The maximum Gasteiger partial charge on any atom is 0.236 e. The number of ketones is 1. The van der Waals surface area contributed by atoms with Gasteiger partial charge in [-0.25, -0.2) is 0 Å². The van der Waals surface area contributed by atoms with Crippen LogP contribution in [0.3, 0.4) is 0 Å². The van der Waals surface area contributed by atoms with E-state index in [4.69, 9.17) is 9.47 Å². The van der Waals surface area contributed by atoms with Crippen molar-refractivity contribution in [2.75, 3.05) is 25.3 Å². The lowest BCUT2D eigenvalue weighted by Gasteiger charge is -2.22. The molecule has 3 aromatic carbocycles. The molecule has 6 heteroatoms. The number of anilines is 1. The van der Waals surface area contributed by atoms with Gasteiger partial charge in [0.25, 0.3) is 0 Å². The number of benzene rings is 3. The third kappa shape index (κ3) is 5.40. The van der Waals surface area contributed by atoms with E-state index in [9.17, 15) is 9.59 Å². The maximum absolute atomic E-state index is 12.7. The summed E-state index contributed by atoms with van der Waals surface area (Å²) in [6.07, 6.45) is 2.85. The van der Waals surface area contributed by atoms with Crippen LogP contribution in [0, 0.1) is 5.92 Å². The highest BCUT2D eigenvalue weighted by Crippen LogP contribution is 2.33. The van der Waals surface area contributed by atoms with Crippen LogP contribution in [0.25, 0.3) is 0 Å². The van der Waals surface area contributed by atoms with Crippen LogP contribution in [-0.2, 0) is 17.6 Å². The average molecular weight is 462 g/mol. The SMILES string of the molecule is COc1ccc(CCCc2ccc(NC(=O)C3CSc4ccccc4C3=O)cc2)cc1OC. The van der Waals surface area contributed by atoms with Crippen molar-refractivity contribution in [2.24, 2.45) is 5.92 Å². The number of fused-ring (bicyclic) bond motifs is 1. The minimum absolute atomic E-state index is 0.103. The van der Waals surface area contributed by atoms with E-state index >= 15 is 0 Å². The van der Waals surface area contributed by atoms with Gasteiger partial charge in [-0.15, -0.1) is 11.8 Å². The molecule has 3 aromatic rings. The molecule has 1 aliphatic heterocycles. The second-order valence-electron chi connectivity index (χ2n) is 7.95. The van der Waals surface area contributed by atoms with Gasteiger partial charge >= 0.3 is 0 Å². The van der Waals surface area contributed by atoms with Gasteiger partial charge in [-0.2, -0.15) is 0 Å². The second-order valence-corrected chi connectivity index (χ2v) is 9.01. The molecule has 0 fully saturated rings. The fourth-order valence-electron chi connectivity index (χ4n) is 3.94. The minimum atomic E-state index is -0.661. The molecule has 0 aliphatic carbocycles. The first-order valence-electron chi connectivity index (χ1n) is 11.0. The minimum Gasteiger partial charge on any atom is -0.493 e. The molecule has 1 amide bonds. The molecule has 5 nitrogen and oxygen atoms in total. The fraction of sp³-hybridized carbons (Fsp3) is 0.259. The number of amides is 1. The molecule has 0 saturated heterocycles. The normalized spacial score (nSPS) is 15.0. The number of Topliss-reactive ketones (excluding diaryl/α,β-unsaturated/α-hetero) is 1. The first-order valence-corrected chi connectivity index (χ1v) is 11.9. The molecule has 4 rings (SSSR count). The molecule has 0 saturated carbocycles. The summed E-state index contributed by atoms with van der Waals surface area (Å²) in [5.74, 6) is 0.934. The zero-order chi connectivity index (χ0) is 23.2. The standard InChI is InChI=1S/C27H27NO4S/c1-31-23-15-12-19(16-24(23)32-2)7-5-6-18-10-13-20(14-11-18)28-27(30)22-17-33-25-9-4-3-8-21(25)26(22)29/h3-4,8-16,22H,5-7,17H2,1-2H3,(H,28,30). The Balaban J connectivity index is 1.30. The number of thioether (sulfide) groups is 1. The van der Waals surface area contributed by atoms with Gasteiger partial charge in [0.2, 0.25) is 5.91 Å². The molecular weight excluding hydrogens is 434 g/mol. The molecule has 0 radical (unpaired) electrons. The highest BCUT2D eigenvalue weighted by molar-refractivity contribution is 7.99. The van der Waals surface area contributed by atoms with E-state index in [0.29, 0.717) is 17.0 Å². The fourth-order valence-corrected chi connectivity index (χ4v) is 5.09. The number of methoxy groups -OCH3 is 2. The lowest BCUT2D eigenvalue weighted by Crippen LogP contribution is -2.34. The van der Waals surface area contributed by atoms with E-state index in [1.807, 2.05) is 54.6 Å². The van der Waals surface area contributed by atoms with Crippen LogP contribution in [0.2, 0.25) is 0 Å². The zero-order valence-corrected chi connectivity index (χ0v) is 19.6. The van der Waals surface area contributed by atoms with Gasteiger partial charge in [0.15, 0.2) is 17.3 Å². The quantitative estimate of drug-likeness (QED) is 0.454. The maximum atomic E-state index is 12.7. The van der Waals surface area contributed by atoms with Gasteiger partial charge in [-0.3, -0.25) is 9.59 Å². The average Bonchev–Trinajstić information content (AvgIpc) is 2.85. The summed E-state index contributed by atoms with van der Waals surface area (Å²) in [5, 5.41) is 2.91. The monoisotopic (exact) mass is 461 g/mol. The molecule has 33 heavy (non-hydrogen) atoms. The number of nitrogens with one attached hydrogen (secondary N) is 1. The Morgan fingerprint density at radius 2 is 1.64 bits per heavy atom. The van der Waals surface area contributed by atoms with Crippen molar-refractivity contribution < 1.29 is 19.1 Å². The van der Waals surface area contributed by atoms with Crippen molar-refractivity contribution in [1.82, 2.24) is 0 Å². The van der Waals surface area contributed by atoms with Gasteiger partial charge in [0.05, 0.1) is 14.2 Å². The van der Waals surface area contributed by atoms with Crippen LogP contribution >= 0.6 is 11.8 Å².